The van der Waals surface area contributed by atoms with Crippen molar-refractivity contribution in [2.24, 2.45) is 5.92 Å². The summed E-state index contributed by atoms with van der Waals surface area (Å²) in [5.74, 6) is 0.880. The lowest BCUT2D eigenvalue weighted by Gasteiger charge is -2.33. The molecule has 1 fully saturated rings. The number of nitrogens with zero attached hydrogens (tertiary/aromatic N) is 1. The Morgan fingerprint density at radius 2 is 2.10 bits per heavy atom. The molecule has 0 spiro atoms. The molecule has 2 atom stereocenters. The van der Waals surface area contributed by atoms with Crippen molar-refractivity contribution < 1.29 is 4.79 Å². The van der Waals surface area contributed by atoms with Gasteiger partial charge in [-0.1, -0.05) is 24.3 Å². The van der Waals surface area contributed by atoms with E-state index in [1.54, 1.807) is 0 Å². The summed E-state index contributed by atoms with van der Waals surface area (Å²) in [5.41, 5.74) is 2.93. The number of carbonyl (C=O) groups is 1. The summed E-state index contributed by atoms with van der Waals surface area (Å²) in [6.45, 7) is 4.81. The van der Waals surface area contributed by atoms with Crippen LogP contribution in [0.3, 0.4) is 0 Å². The molecule has 2 aliphatic rings. The van der Waals surface area contributed by atoms with Crippen molar-refractivity contribution in [1.29, 1.82) is 0 Å². The summed E-state index contributed by atoms with van der Waals surface area (Å²) in [4.78, 5) is 14.5. The number of halogens is 1. The lowest BCUT2D eigenvalue weighted by atomic mass is 9.82. The van der Waals surface area contributed by atoms with Gasteiger partial charge in [0, 0.05) is 32.1 Å². The molecule has 0 saturated carbocycles. The lowest BCUT2D eigenvalue weighted by molar-refractivity contribution is -0.133. The van der Waals surface area contributed by atoms with Crippen LogP contribution in [0.15, 0.2) is 24.3 Å². The van der Waals surface area contributed by atoms with Crippen LogP contribution in [0.5, 0.6) is 0 Å². The van der Waals surface area contributed by atoms with Crippen LogP contribution in [-0.4, -0.2) is 36.5 Å². The predicted molar refractivity (Wildman–Crippen MR) is 87.9 cm³/mol. The molecule has 1 heterocycles. The van der Waals surface area contributed by atoms with Crippen LogP contribution in [0.4, 0.5) is 0 Å². The maximum atomic E-state index is 12.4. The van der Waals surface area contributed by atoms with Gasteiger partial charge in [0.05, 0.1) is 0 Å². The molecule has 1 N–H and O–H groups in total. The number of hydrogen-bond donors (Lipinski definition) is 1. The summed E-state index contributed by atoms with van der Waals surface area (Å²) in [7, 11) is 0. The number of nitrogens with one attached hydrogen (secondary N) is 1. The van der Waals surface area contributed by atoms with Crippen molar-refractivity contribution in [2.75, 3.05) is 19.6 Å². The molecule has 1 aromatic carbocycles. The zero-order valence-corrected chi connectivity index (χ0v) is 13.5. The second-order valence-corrected chi connectivity index (χ2v) is 6.28. The van der Waals surface area contributed by atoms with Gasteiger partial charge >= 0.3 is 0 Å². The molecule has 3 nitrogen and oxygen atoms in total. The largest absolute Gasteiger partial charge is 0.340 e. The van der Waals surface area contributed by atoms with E-state index < -0.39 is 0 Å². The maximum absolute atomic E-state index is 12.4. The lowest BCUT2D eigenvalue weighted by Crippen LogP contribution is -2.51. The van der Waals surface area contributed by atoms with E-state index in [4.69, 9.17) is 0 Å². The van der Waals surface area contributed by atoms with Crippen molar-refractivity contribution in [3.63, 3.8) is 0 Å². The first-order chi connectivity index (χ1) is 9.72. The minimum Gasteiger partial charge on any atom is -0.340 e. The summed E-state index contributed by atoms with van der Waals surface area (Å²) < 4.78 is 0. The first-order valence-corrected chi connectivity index (χ1v) is 7.80. The molecule has 1 aliphatic heterocycles. The number of fused-ring (bicyclic) bond motifs is 1. The van der Waals surface area contributed by atoms with Crippen LogP contribution in [0.25, 0.3) is 0 Å². The highest BCUT2D eigenvalue weighted by molar-refractivity contribution is 5.85. The highest BCUT2D eigenvalue weighted by Gasteiger charge is 2.25. The van der Waals surface area contributed by atoms with Crippen LogP contribution in [0.1, 0.15) is 30.9 Å². The van der Waals surface area contributed by atoms with Crippen molar-refractivity contribution in [2.45, 2.75) is 38.6 Å². The van der Waals surface area contributed by atoms with E-state index >= 15 is 0 Å². The normalized spacial score (nSPS) is 24.9. The van der Waals surface area contributed by atoms with E-state index in [9.17, 15) is 4.79 Å². The van der Waals surface area contributed by atoms with E-state index in [2.05, 4.69) is 36.5 Å². The third-order valence-corrected chi connectivity index (χ3v) is 4.63. The molecule has 0 bridgehead atoms. The Labute approximate surface area is 133 Å². The molecular weight excluding hydrogens is 284 g/mol. The number of hydrogen-bond acceptors (Lipinski definition) is 2. The second kappa shape index (κ2) is 7.28. The van der Waals surface area contributed by atoms with Gasteiger partial charge in [-0.15, -0.1) is 12.4 Å². The fourth-order valence-electron chi connectivity index (χ4n) is 3.48. The third kappa shape index (κ3) is 3.98. The first-order valence-electron chi connectivity index (χ1n) is 7.80. The van der Waals surface area contributed by atoms with E-state index in [0.29, 0.717) is 17.9 Å². The Morgan fingerprint density at radius 3 is 2.86 bits per heavy atom. The third-order valence-electron chi connectivity index (χ3n) is 4.63. The minimum absolute atomic E-state index is 0. The highest BCUT2D eigenvalue weighted by atomic mass is 35.5. The van der Waals surface area contributed by atoms with Crippen LogP contribution < -0.4 is 5.32 Å². The smallest absolute Gasteiger partial charge is 0.222 e. The van der Waals surface area contributed by atoms with E-state index in [0.717, 1.165) is 45.3 Å². The van der Waals surface area contributed by atoms with Crippen LogP contribution >= 0.6 is 12.4 Å². The molecule has 0 aromatic heterocycles. The molecule has 1 aliphatic carbocycles. The zero-order chi connectivity index (χ0) is 13.9. The zero-order valence-electron chi connectivity index (χ0n) is 12.7. The molecule has 1 aromatic rings. The van der Waals surface area contributed by atoms with Crippen molar-refractivity contribution in [3.8, 4) is 0 Å². The number of benzene rings is 1. The van der Waals surface area contributed by atoms with Gasteiger partial charge in [-0.3, -0.25) is 4.79 Å². The Kier molecular flexibility index (Phi) is 5.65. The summed E-state index contributed by atoms with van der Waals surface area (Å²) in [6.07, 6.45) is 4.08. The number of carbonyl (C=O) groups excluding carboxylic acids is 1. The van der Waals surface area contributed by atoms with E-state index in [-0.39, 0.29) is 12.4 Å². The maximum Gasteiger partial charge on any atom is 0.222 e. The average molecular weight is 309 g/mol. The van der Waals surface area contributed by atoms with E-state index in [1.807, 2.05) is 4.90 Å². The van der Waals surface area contributed by atoms with Crippen molar-refractivity contribution in [1.82, 2.24) is 10.2 Å². The van der Waals surface area contributed by atoms with Gasteiger partial charge in [0.15, 0.2) is 0 Å². The van der Waals surface area contributed by atoms with Gasteiger partial charge in [-0.2, -0.15) is 0 Å². The Bertz CT molecular complexity index is 491. The molecule has 116 valence electrons. The number of amides is 1. The summed E-state index contributed by atoms with van der Waals surface area (Å²) >= 11 is 0. The molecule has 0 radical (unpaired) electrons. The number of piperazine rings is 1. The molecule has 2 unspecified atom stereocenters. The Morgan fingerprint density at radius 1 is 1.33 bits per heavy atom. The average Bonchev–Trinajstić information content (AvgIpc) is 2.47. The summed E-state index contributed by atoms with van der Waals surface area (Å²) in [5, 5.41) is 3.39. The van der Waals surface area contributed by atoms with Gasteiger partial charge < -0.3 is 10.2 Å². The van der Waals surface area contributed by atoms with Crippen LogP contribution in [0.2, 0.25) is 0 Å². The summed E-state index contributed by atoms with van der Waals surface area (Å²) in [6, 6.07) is 9.11. The Hall–Kier alpha value is -1.06. The Balaban J connectivity index is 0.00000161. The van der Waals surface area contributed by atoms with Crippen LogP contribution in [-0.2, 0) is 17.6 Å². The molecule has 21 heavy (non-hydrogen) atoms. The molecule has 4 heteroatoms. The SMILES string of the molecule is CC1CN(C(=O)CC2CCc3ccccc3C2)CCN1.Cl. The molecule has 1 amide bonds. The molecule has 3 rings (SSSR count). The van der Waals surface area contributed by atoms with Gasteiger partial charge in [0.2, 0.25) is 5.91 Å². The first kappa shape index (κ1) is 16.3. The predicted octanol–water partition coefficient (Wildman–Crippen LogP) is 2.42. The monoisotopic (exact) mass is 308 g/mol. The molecule has 1 saturated heterocycles. The number of rotatable bonds is 2. The van der Waals surface area contributed by atoms with Gasteiger partial charge in [-0.05, 0) is 43.2 Å². The van der Waals surface area contributed by atoms with Crippen LogP contribution in [0, 0.1) is 5.92 Å². The van der Waals surface area contributed by atoms with Gasteiger partial charge in [0.1, 0.15) is 0 Å². The van der Waals surface area contributed by atoms with Crippen molar-refractivity contribution >= 4 is 18.3 Å². The minimum atomic E-state index is 0. The van der Waals surface area contributed by atoms with E-state index in [1.165, 1.54) is 11.1 Å². The van der Waals surface area contributed by atoms with Crippen molar-refractivity contribution in [3.05, 3.63) is 35.4 Å². The molecular formula is C17H25ClN2O. The number of aryl methyl sites for hydroxylation is 1. The quantitative estimate of drug-likeness (QED) is 0.910. The highest BCUT2D eigenvalue weighted by Crippen LogP contribution is 2.27. The van der Waals surface area contributed by atoms with Gasteiger partial charge in [0.25, 0.3) is 0 Å². The fourth-order valence-corrected chi connectivity index (χ4v) is 3.48. The fraction of sp³-hybridized carbons (Fsp3) is 0.588. The van der Waals surface area contributed by atoms with Gasteiger partial charge in [-0.25, -0.2) is 0 Å². The topological polar surface area (TPSA) is 32.3 Å². The standard InChI is InChI=1S/C17H24N2O.ClH/c1-13-12-19(9-8-18-13)17(20)11-14-6-7-15-4-2-3-5-16(15)10-14;/h2-5,13-14,18H,6-12H2,1H3;1H. The second-order valence-electron chi connectivity index (χ2n) is 6.28.